The smallest absolute Gasteiger partial charge is 0.242 e. The van der Waals surface area contributed by atoms with Crippen LogP contribution in [-0.2, 0) is 10.0 Å². The fourth-order valence-corrected chi connectivity index (χ4v) is 3.90. The lowest BCUT2D eigenvalue weighted by atomic mass is 10.2. The number of rotatable bonds is 8. The van der Waals surface area contributed by atoms with E-state index in [9.17, 15) is 8.42 Å². The van der Waals surface area contributed by atoms with Crippen LogP contribution in [0.25, 0.3) is 10.9 Å². The monoisotopic (exact) mass is 327 g/mol. The fourth-order valence-electron chi connectivity index (χ4n) is 2.17. The van der Waals surface area contributed by atoms with E-state index in [0.717, 1.165) is 30.5 Å². The molecule has 2 aromatic rings. The Morgan fingerprint density at radius 1 is 1.29 bits per heavy atom. The van der Waals surface area contributed by atoms with E-state index in [1.807, 2.05) is 11.8 Å². The minimum atomic E-state index is -3.50. The summed E-state index contributed by atoms with van der Waals surface area (Å²) >= 11 is 1.81. The van der Waals surface area contributed by atoms with Gasteiger partial charge in [-0.25, -0.2) is 13.1 Å². The van der Waals surface area contributed by atoms with Gasteiger partial charge in [-0.15, -0.1) is 0 Å². The lowest BCUT2D eigenvalue weighted by Gasteiger charge is -2.06. The molecular formula is C14H21N3O2S2. The molecule has 0 atom stereocenters. The number of benzene rings is 1. The van der Waals surface area contributed by atoms with E-state index in [1.54, 1.807) is 18.2 Å². The van der Waals surface area contributed by atoms with Gasteiger partial charge in [-0.3, -0.25) is 0 Å². The van der Waals surface area contributed by atoms with Crippen molar-refractivity contribution in [2.45, 2.75) is 24.2 Å². The second-order valence-corrected chi connectivity index (χ2v) is 7.63. The number of hydrogen-bond acceptors (Lipinski definition) is 4. The Kier molecular flexibility index (Phi) is 5.55. The summed E-state index contributed by atoms with van der Waals surface area (Å²) in [4.78, 5) is 3.22. The second-order valence-electron chi connectivity index (χ2n) is 4.91. The van der Waals surface area contributed by atoms with Gasteiger partial charge >= 0.3 is 0 Å². The Labute approximate surface area is 129 Å². The van der Waals surface area contributed by atoms with Gasteiger partial charge in [0.25, 0.3) is 0 Å². The van der Waals surface area contributed by atoms with Gasteiger partial charge in [0, 0.05) is 29.3 Å². The van der Waals surface area contributed by atoms with Gasteiger partial charge in [0.15, 0.2) is 0 Å². The second kappa shape index (κ2) is 7.20. The number of nitrogens with one attached hydrogen (secondary N) is 2. The molecule has 0 fully saturated rings. The molecule has 0 aliphatic heterocycles. The van der Waals surface area contributed by atoms with E-state index >= 15 is 0 Å². The zero-order valence-corrected chi connectivity index (χ0v) is 13.7. The maximum atomic E-state index is 12.3. The van der Waals surface area contributed by atoms with Gasteiger partial charge in [-0.1, -0.05) is 6.42 Å². The van der Waals surface area contributed by atoms with E-state index in [-0.39, 0.29) is 4.90 Å². The molecule has 0 aliphatic rings. The molecule has 0 aliphatic carbocycles. The maximum absolute atomic E-state index is 12.3. The lowest BCUT2D eigenvalue weighted by molar-refractivity contribution is 0.577. The molecule has 4 N–H and O–H groups in total. The molecule has 21 heavy (non-hydrogen) atoms. The van der Waals surface area contributed by atoms with Crippen LogP contribution < -0.4 is 10.5 Å². The van der Waals surface area contributed by atoms with Gasteiger partial charge in [0.2, 0.25) is 10.0 Å². The fraction of sp³-hybridized carbons (Fsp3) is 0.429. The number of H-pyrrole nitrogens is 1. The van der Waals surface area contributed by atoms with Crippen molar-refractivity contribution in [1.82, 2.24) is 9.71 Å². The number of sulfonamides is 1. The summed E-state index contributed by atoms with van der Waals surface area (Å²) in [6.07, 6.45) is 6.59. The van der Waals surface area contributed by atoms with Crippen molar-refractivity contribution < 1.29 is 8.42 Å². The van der Waals surface area contributed by atoms with E-state index in [0.29, 0.717) is 17.6 Å². The van der Waals surface area contributed by atoms with Gasteiger partial charge in [0.05, 0.1) is 0 Å². The highest BCUT2D eigenvalue weighted by Crippen LogP contribution is 2.24. The number of nitrogen functional groups attached to an aromatic ring is 1. The molecule has 116 valence electrons. The number of thioether (sulfide) groups is 1. The third-order valence-electron chi connectivity index (χ3n) is 3.27. The van der Waals surface area contributed by atoms with Gasteiger partial charge in [0.1, 0.15) is 4.90 Å². The summed E-state index contributed by atoms with van der Waals surface area (Å²) in [6, 6.07) is 5.21. The van der Waals surface area contributed by atoms with Crippen molar-refractivity contribution >= 4 is 38.4 Å². The number of aromatic amines is 1. The van der Waals surface area contributed by atoms with Crippen LogP contribution in [0.2, 0.25) is 0 Å². The summed E-state index contributed by atoms with van der Waals surface area (Å²) in [7, 11) is -3.50. The number of hydrogen-bond donors (Lipinski definition) is 3. The minimum Gasteiger partial charge on any atom is -0.399 e. The predicted octanol–water partition coefficient (Wildman–Crippen LogP) is 2.56. The zero-order valence-electron chi connectivity index (χ0n) is 12.1. The lowest BCUT2D eigenvalue weighted by Crippen LogP contribution is -2.24. The van der Waals surface area contributed by atoms with Crippen molar-refractivity contribution in [3.63, 3.8) is 0 Å². The zero-order chi connectivity index (χ0) is 15.3. The predicted molar refractivity (Wildman–Crippen MR) is 90.1 cm³/mol. The molecule has 0 radical (unpaired) electrons. The third kappa shape index (κ3) is 4.15. The van der Waals surface area contributed by atoms with Crippen molar-refractivity contribution in [1.29, 1.82) is 0 Å². The van der Waals surface area contributed by atoms with Crippen molar-refractivity contribution in [2.24, 2.45) is 0 Å². The first-order valence-electron chi connectivity index (χ1n) is 6.90. The number of nitrogens with two attached hydrogens (primary N) is 1. The average Bonchev–Trinajstić information content (AvgIpc) is 2.86. The molecular weight excluding hydrogens is 306 g/mol. The minimum absolute atomic E-state index is 0.258. The molecule has 0 unspecified atom stereocenters. The topological polar surface area (TPSA) is 88.0 Å². The molecule has 0 spiro atoms. The van der Waals surface area contributed by atoms with Crippen LogP contribution >= 0.6 is 11.8 Å². The highest BCUT2D eigenvalue weighted by molar-refractivity contribution is 7.98. The van der Waals surface area contributed by atoms with E-state index in [2.05, 4.69) is 16.0 Å². The highest BCUT2D eigenvalue weighted by atomic mass is 32.2. The normalized spacial score (nSPS) is 12.0. The van der Waals surface area contributed by atoms with E-state index < -0.39 is 10.0 Å². The van der Waals surface area contributed by atoms with Gasteiger partial charge < -0.3 is 10.7 Å². The maximum Gasteiger partial charge on any atom is 0.242 e. The summed E-state index contributed by atoms with van der Waals surface area (Å²) < 4.78 is 27.3. The Morgan fingerprint density at radius 2 is 2.10 bits per heavy atom. The van der Waals surface area contributed by atoms with Crippen LogP contribution in [0.4, 0.5) is 5.69 Å². The third-order valence-corrected chi connectivity index (χ3v) is 5.47. The standard InChI is InChI=1S/C14H21N3O2S2/c1-20-8-4-2-3-7-17-21(18,19)14-10-16-13-6-5-11(15)9-12(13)14/h5-6,9-10,16-17H,2-4,7-8,15H2,1H3. The molecule has 0 bridgehead atoms. The first-order valence-corrected chi connectivity index (χ1v) is 9.77. The van der Waals surface area contributed by atoms with Crippen LogP contribution in [0.15, 0.2) is 29.3 Å². The van der Waals surface area contributed by atoms with Crippen LogP contribution in [-0.4, -0.2) is 32.0 Å². The number of unbranched alkanes of at least 4 members (excludes halogenated alkanes) is 2. The molecule has 1 aromatic carbocycles. The SMILES string of the molecule is CSCCCCCNS(=O)(=O)c1c[nH]c2ccc(N)cc12. The van der Waals surface area contributed by atoms with Crippen molar-refractivity contribution in [2.75, 3.05) is 24.3 Å². The molecule has 0 saturated carbocycles. The molecule has 7 heteroatoms. The van der Waals surface area contributed by atoms with E-state index in [1.165, 1.54) is 6.20 Å². The molecule has 1 aromatic heterocycles. The Morgan fingerprint density at radius 3 is 2.86 bits per heavy atom. The summed E-state index contributed by atoms with van der Waals surface area (Å²) in [5, 5.41) is 0.630. The van der Waals surface area contributed by atoms with Crippen LogP contribution in [0.5, 0.6) is 0 Å². The molecule has 0 saturated heterocycles. The quantitative estimate of drug-likeness (QED) is 0.513. The van der Waals surface area contributed by atoms with E-state index in [4.69, 9.17) is 5.73 Å². The average molecular weight is 327 g/mol. The largest absolute Gasteiger partial charge is 0.399 e. The number of aromatic nitrogens is 1. The van der Waals surface area contributed by atoms with Gasteiger partial charge in [-0.2, -0.15) is 11.8 Å². The first-order chi connectivity index (χ1) is 10.0. The molecule has 2 rings (SSSR count). The summed E-state index contributed by atoms with van der Waals surface area (Å²) in [5.41, 5.74) is 7.05. The Bertz CT molecular complexity index is 695. The van der Waals surface area contributed by atoms with Crippen molar-refractivity contribution in [3.05, 3.63) is 24.4 Å². The van der Waals surface area contributed by atoms with Crippen LogP contribution in [0.1, 0.15) is 19.3 Å². The summed E-state index contributed by atoms with van der Waals surface area (Å²) in [6.45, 7) is 0.464. The number of anilines is 1. The highest BCUT2D eigenvalue weighted by Gasteiger charge is 2.18. The Balaban J connectivity index is 2.03. The van der Waals surface area contributed by atoms with Crippen LogP contribution in [0, 0.1) is 0 Å². The molecule has 1 heterocycles. The number of fused-ring (bicyclic) bond motifs is 1. The van der Waals surface area contributed by atoms with Crippen molar-refractivity contribution in [3.8, 4) is 0 Å². The molecule has 0 amide bonds. The van der Waals surface area contributed by atoms with Crippen LogP contribution in [0.3, 0.4) is 0 Å². The van der Waals surface area contributed by atoms with Gasteiger partial charge in [-0.05, 0) is 43.0 Å². The Hall–Kier alpha value is -1.18. The molecule has 5 nitrogen and oxygen atoms in total. The summed E-state index contributed by atoms with van der Waals surface area (Å²) in [5.74, 6) is 1.12. The first kappa shape index (κ1) is 16.2.